The van der Waals surface area contributed by atoms with Gasteiger partial charge < -0.3 is 10.1 Å². The van der Waals surface area contributed by atoms with Gasteiger partial charge in [0, 0.05) is 30.6 Å². The molecular weight excluding hydrogens is 222 g/mol. The lowest BCUT2D eigenvalue weighted by Crippen LogP contribution is -2.29. The zero-order valence-electron chi connectivity index (χ0n) is 10.2. The fraction of sp³-hybridized carbons (Fsp3) is 0.538. The Morgan fingerprint density at radius 1 is 1.25 bits per heavy atom. The number of hydrogen-bond donors (Lipinski definition) is 1. The smallest absolute Gasteiger partial charge is 0.0543 e. The van der Waals surface area contributed by atoms with Crippen LogP contribution in [-0.4, -0.2) is 26.3 Å². The van der Waals surface area contributed by atoms with E-state index >= 15 is 0 Å². The molecule has 3 heteroatoms. The minimum absolute atomic E-state index is 0.379. The third kappa shape index (κ3) is 4.52. The number of benzene rings is 1. The second-order valence-electron chi connectivity index (χ2n) is 4.27. The molecule has 0 radical (unpaired) electrons. The Balaban J connectivity index is 2.64. The summed E-state index contributed by atoms with van der Waals surface area (Å²) >= 11 is 5.87. The molecule has 1 unspecified atom stereocenters. The van der Waals surface area contributed by atoms with Gasteiger partial charge >= 0.3 is 0 Å². The Labute approximate surface area is 103 Å². The van der Waals surface area contributed by atoms with E-state index in [0.717, 1.165) is 18.2 Å². The molecule has 0 amide bonds. The topological polar surface area (TPSA) is 21.3 Å². The Morgan fingerprint density at radius 2 is 1.88 bits per heavy atom. The summed E-state index contributed by atoms with van der Waals surface area (Å²) in [6.07, 6.45) is 0. The van der Waals surface area contributed by atoms with E-state index in [2.05, 4.69) is 31.3 Å². The molecule has 0 fully saturated rings. The number of hydrogen-bond acceptors (Lipinski definition) is 2. The average Bonchev–Trinajstić information content (AvgIpc) is 2.25. The van der Waals surface area contributed by atoms with Crippen LogP contribution in [0.4, 0.5) is 0 Å². The SMILES string of the molecule is COCC(CNC(C)C)c1ccc(Cl)cc1. The maximum absolute atomic E-state index is 5.87. The van der Waals surface area contributed by atoms with E-state index in [1.165, 1.54) is 5.56 Å². The maximum atomic E-state index is 5.87. The molecular formula is C13H20ClNO. The number of rotatable bonds is 6. The highest BCUT2D eigenvalue weighted by atomic mass is 35.5. The second-order valence-corrected chi connectivity index (χ2v) is 4.70. The van der Waals surface area contributed by atoms with Crippen molar-refractivity contribution in [3.8, 4) is 0 Å². The lowest BCUT2D eigenvalue weighted by molar-refractivity contribution is 0.177. The summed E-state index contributed by atoms with van der Waals surface area (Å²) in [6.45, 7) is 5.94. The van der Waals surface area contributed by atoms with Crippen molar-refractivity contribution in [2.45, 2.75) is 25.8 Å². The Bertz CT molecular complexity index is 297. The van der Waals surface area contributed by atoms with Crippen molar-refractivity contribution in [2.24, 2.45) is 0 Å². The molecule has 1 rings (SSSR count). The molecule has 90 valence electrons. The van der Waals surface area contributed by atoms with Crippen molar-refractivity contribution in [3.05, 3.63) is 34.9 Å². The van der Waals surface area contributed by atoms with Crippen LogP contribution >= 0.6 is 11.6 Å². The van der Waals surface area contributed by atoms with E-state index < -0.39 is 0 Å². The zero-order chi connectivity index (χ0) is 12.0. The highest BCUT2D eigenvalue weighted by Crippen LogP contribution is 2.18. The fourth-order valence-electron chi connectivity index (χ4n) is 1.59. The lowest BCUT2D eigenvalue weighted by Gasteiger charge is -2.19. The quantitative estimate of drug-likeness (QED) is 0.827. The Kier molecular flexibility index (Phi) is 5.81. The molecule has 0 bridgehead atoms. The van der Waals surface area contributed by atoms with Crippen LogP contribution in [-0.2, 0) is 4.74 Å². The van der Waals surface area contributed by atoms with Crippen LogP contribution in [0.2, 0.25) is 5.02 Å². The molecule has 0 saturated heterocycles. The Hall–Kier alpha value is -0.570. The first-order valence-electron chi connectivity index (χ1n) is 5.61. The van der Waals surface area contributed by atoms with Gasteiger partial charge in [0.1, 0.15) is 0 Å². The summed E-state index contributed by atoms with van der Waals surface area (Å²) in [7, 11) is 1.73. The van der Waals surface area contributed by atoms with Crippen LogP contribution in [0.5, 0.6) is 0 Å². The number of halogens is 1. The van der Waals surface area contributed by atoms with Crippen molar-refractivity contribution in [3.63, 3.8) is 0 Å². The Morgan fingerprint density at radius 3 is 2.38 bits per heavy atom. The van der Waals surface area contributed by atoms with Gasteiger partial charge in [-0.25, -0.2) is 0 Å². The highest BCUT2D eigenvalue weighted by molar-refractivity contribution is 6.30. The van der Waals surface area contributed by atoms with Crippen LogP contribution in [0.3, 0.4) is 0 Å². The molecule has 1 atom stereocenters. The molecule has 0 aromatic heterocycles. The normalized spacial score (nSPS) is 13.1. The summed E-state index contributed by atoms with van der Waals surface area (Å²) in [5.41, 5.74) is 1.26. The number of methoxy groups -OCH3 is 1. The molecule has 0 aliphatic carbocycles. The minimum atomic E-state index is 0.379. The van der Waals surface area contributed by atoms with Gasteiger partial charge in [0.25, 0.3) is 0 Å². The van der Waals surface area contributed by atoms with E-state index in [1.54, 1.807) is 7.11 Å². The molecule has 1 aromatic carbocycles. The van der Waals surface area contributed by atoms with Crippen LogP contribution in [0.25, 0.3) is 0 Å². The van der Waals surface area contributed by atoms with Crippen molar-refractivity contribution in [1.82, 2.24) is 5.32 Å². The van der Waals surface area contributed by atoms with Crippen molar-refractivity contribution in [2.75, 3.05) is 20.3 Å². The van der Waals surface area contributed by atoms with E-state index in [9.17, 15) is 0 Å². The molecule has 0 heterocycles. The van der Waals surface area contributed by atoms with Gasteiger partial charge in [0.05, 0.1) is 6.61 Å². The van der Waals surface area contributed by atoms with Gasteiger partial charge in [-0.2, -0.15) is 0 Å². The fourth-order valence-corrected chi connectivity index (χ4v) is 1.71. The summed E-state index contributed by atoms with van der Waals surface area (Å²) in [5.74, 6) is 0.379. The first-order valence-corrected chi connectivity index (χ1v) is 5.99. The van der Waals surface area contributed by atoms with Gasteiger partial charge in [-0.3, -0.25) is 0 Å². The van der Waals surface area contributed by atoms with Crippen molar-refractivity contribution < 1.29 is 4.74 Å². The van der Waals surface area contributed by atoms with Crippen LogP contribution in [0.15, 0.2) is 24.3 Å². The lowest BCUT2D eigenvalue weighted by atomic mass is 10.00. The third-order valence-electron chi connectivity index (χ3n) is 2.48. The van der Waals surface area contributed by atoms with E-state index in [-0.39, 0.29) is 0 Å². The first-order chi connectivity index (χ1) is 7.63. The van der Waals surface area contributed by atoms with E-state index in [1.807, 2.05) is 12.1 Å². The van der Waals surface area contributed by atoms with Gasteiger partial charge in [-0.1, -0.05) is 37.6 Å². The summed E-state index contributed by atoms with van der Waals surface area (Å²) in [4.78, 5) is 0. The van der Waals surface area contributed by atoms with Gasteiger partial charge in [0.15, 0.2) is 0 Å². The van der Waals surface area contributed by atoms with Gasteiger partial charge in [0.2, 0.25) is 0 Å². The third-order valence-corrected chi connectivity index (χ3v) is 2.73. The molecule has 1 aromatic rings. The molecule has 0 saturated carbocycles. The second kappa shape index (κ2) is 6.89. The summed E-state index contributed by atoms with van der Waals surface area (Å²) in [6, 6.07) is 8.47. The van der Waals surface area contributed by atoms with Crippen molar-refractivity contribution >= 4 is 11.6 Å². The predicted molar refractivity (Wildman–Crippen MR) is 69.2 cm³/mol. The number of nitrogens with one attached hydrogen (secondary N) is 1. The summed E-state index contributed by atoms with van der Waals surface area (Å²) in [5, 5.41) is 4.21. The predicted octanol–water partition coefficient (Wildman–Crippen LogP) is 3.07. The standard InChI is InChI=1S/C13H20ClNO/c1-10(2)15-8-12(9-16-3)11-4-6-13(14)7-5-11/h4-7,10,12,15H,8-9H2,1-3H3. The van der Waals surface area contributed by atoms with Crippen LogP contribution < -0.4 is 5.32 Å². The van der Waals surface area contributed by atoms with Gasteiger partial charge in [-0.05, 0) is 17.7 Å². The molecule has 2 nitrogen and oxygen atoms in total. The zero-order valence-corrected chi connectivity index (χ0v) is 10.9. The molecule has 0 aliphatic rings. The monoisotopic (exact) mass is 241 g/mol. The highest BCUT2D eigenvalue weighted by Gasteiger charge is 2.11. The molecule has 0 aliphatic heterocycles. The number of ether oxygens (including phenoxy) is 1. The molecule has 0 spiro atoms. The van der Waals surface area contributed by atoms with E-state index in [0.29, 0.717) is 12.0 Å². The van der Waals surface area contributed by atoms with Crippen LogP contribution in [0.1, 0.15) is 25.3 Å². The van der Waals surface area contributed by atoms with Crippen LogP contribution in [0, 0.1) is 0 Å². The van der Waals surface area contributed by atoms with E-state index in [4.69, 9.17) is 16.3 Å². The summed E-state index contributed by atoms with van der Waals surface area (Å²) < 4.78 is 5.25. The molecule has 16 heavy (non-hydrogen) atoms. The average molecular weight is 242 g/mol. The maximum Gasteiger partial charge on any atom is 0.0543 e. The minimum Gasteiger partial charge on any atom is -0.384 e. The first kappa shape index (κ1) is 13.5. The molecule has 1 N–H and O–H groups in total. The largest absolute Gasteiger partial charge is 0.384 e. The van der Waals surface area contributed by atoms with Crippen molar-refractivity contribution in [1.29, 1.82) is 0 Å². The van der Waals surface area contributed by atoms with Gasteiger partial charge in [-0.15, -0.1) is 0 Å².